The molecule has 4 aromatic rings. The molecule has 1 amide bonds. The molecule has 36 heavy (non-hydrogen) atoms. The lowest BCUT2D eigenvalue weighted by atomic mass is 10.2. The van der Waals surface area contributed by atoms with Crippen molar-refractivity contribution in [3.05, 3.63) is 75.2 Å². The molecule has 0 bridgehead atoms. The van der Waals surface area contributed by atoms with E-state index in [-0.39, 0.29) is 11.0 Å². The minimum absolute atomic E-state index is 0.154. The van der Waals surface area contributed by atoms with E-state index in [1.54, 1.807) is 31.4 Å². The highest BCUT2D eigenvalue weighted by atomic mass is 79.9. The normalized spacial score (nSPS) is 11.0. The zero-order chi connectivity index (χ0) is 25.7. The number of thiocarbonyl (C=S) groups is 1. The highest BCUT2D eigenvalue weighted by Gasteiger charge is 2.11. The average Bonchev–Trinajstić information content (AvgIpc) is 3.26. The summed E-state index contributed by atoms with van der Waals surface area (Å²) in [7, 11) is 1.57. The van der Waals surface area contributed by atoms with Gasteiger partial charge < -0.3 is 19.2 Å². The number of aromatic nitrogens is 1. The zero-order valence-electron chi connectivity index (χ0n) is 19.3. The summed E-state index contributed by atoms with van der Waals surface area (Å²) in [5.74, 6) is 1.53. The summed E-state index contributed by atoms with van der Waals surface area (Å²) in [6.45, 7) is 2.54. The standard InChI is InChI=1S/C26H21Br2N3O4S/c1-3-34-19-8-4-15(5-9-19)25-30-21-14-18(7-10-22(21)35-25)29-26(36)31-23(32)11-6-16-12-17(27)13-20(28)24(16)33-2/h4-14H,3H2,1-2H3,(H2,29,31,32,36)/b11-6+. The third-order valence-electron chi connectivity index (χ3n) is 4.95. The summed E-state index contributed by atoms with van der Waals surface area (Å²) in [4.78, 5) is 17.0. The Morgan fingerprint density at radius 1 is 1.14 bits per heavy atom. The number of nitrogens with one attached hydrogen (secondary N) is 2. The van der Waals surface area contributed by atoms with Gasteiger partial charge in [0.1, 0.15) is 17.0 Å². The van der Waals surface area contributed by atoms with Crippen molar-refractivity contribution in [3.63, 3.8) is 0 Å². The lowest BCUT2D eigenvalue weighted by Crippen LogP contribution is -2.32. The molecule has 0 saturated heterocycles. The van der Waals surface area contributed by atoms with E-state index in [4.69, 9.17) is 26.1 Å². The Balaban J connectivity index is 1.41. The van der Waals surface area contributed by atoms with E-state index in [1.165, 1.54) is 6.08 Å². The van der Waals surface area contributed by atoms with E-state index in [0.717, 1.165) is 25.8 Å². The molecule has 0 spiro atoms. The number of amides is 1. The maximum atomic E-state index is 12.4. The fraction of sp³-hybridized carbons (Fsp3) is 0.115. The van der Waals surface area contributed by atoms with Gasteiger partial charge in [-0.15, -0.1) is 0 Å². The zero-order valence-corrected chi connectivity index (χ0v) is 23.3. The van der Waals surface area contributed by atoms with E-state index in [0.29, 0.717) is 35.0 Å². The first-order chi connectivity index (χ1) is 17.4. The van der Waals surface area contributed by atoms with Crippen LogP contribution in [0, 0.1) is 0 Å². The summed E-state index contributed by atoms with van der Waals surface area (Å²) >= 11 is 12.2. The SMILES string of the molecule is CCOc1ccc(-c2nc3cc(NC(=S)NC(=O)/C=C/c4cc(Br)cc(Br)c4OC)ccc3o2)cc1. The minimum atomic E-state index is -0.383. The van der Waals surface area contributed by atoms with Crippen molar-refractivity contribution in [2.75, 3.05) is 19.0 Å². The number of hydrogen-bond acceptors (Lipinski definition) is 6. The Morgan fingerprint density at radius 3 is 2.64 bits per heavy atom. The second-order valence-electron chi connectivity index (χ2n) is 7.45. The number of hydrogen-bond donors (Lipinski definition) is 2. The fourth-order valence-corrected chi connectivity index (χ4v) is 5.03. The van der Waals surface area contributed by atoms with Crippen LogP contribution in [-0.4, -0.2) is 29.7 Å². The molecule has 0 saturated carbocycles. The summed E-state index contributed by atoms with van der Waals surface area (Å²) in [5.41, 5.74) is 3.53. The van der Waals surface area contributed by atoms with Crippen LogP contribution in [0.25, 0.3) is 28.6 Å². The number of fused-ring (bicyclic) bond motifs is 1. The first-order valence-corrected chi connectivity index (χ1v) is 12.8. The number of benzene rings is 3. The molecule has 0 atom stereocenters. The van der Waals surface area contributed by atoms with Gasteiger partial charge in [0.15, 0.2) is 10.7 Å². The number of carbonyl (C=O) groups is 1. The summed E-state index contributed by atoms with van der Waals surface area (Å²) in [6.07, 6.45) is 3.03. The van der Waals surface area contributed by atoms with Crippen molar-refractivity contribution in [2.45, 2.75) is 6.92 Å². The summed E-state index contributed by atoms with van der Waals surface area (Å²) in [6, 6.07) is 16.7. The van der Waals surface area contributed by atoms with Gasteiger partial charge in [0.2, 0.25) is 11.8 Å². The summed E-state index contributed by atoms with van der Waals surface area (Å²) in [5, 5.41) is 5.79. The second-order valence-corrected chi connectivity index (χ2v) is 9.62. The van der Waals surface area contributed by atoms with Crippen LogP contribution in [0.5, 0.6) is 11.5 Å². The van der Waals surface area contributed by atoms with Gasteiger partial charge >= 0.3 is 0 Å². The lowest BCUT2D eigenvalue weighted by molar-refractivity contribution is -0.115. The van der Waals surface area contributed by atoms with Crippen LogP contribution in [0.1, 0.15) is 12.5 Å². The Morgan fingerprint density at radius 2 is 1.92 bits per heavy atom. The van der Waals surface area contributed by atoms with E-state index in [9.17, 15) is 4.79 Å². The predicted molar refractivity (Wildman–Crippen MR) is 152 cm³/mol. The number of anilines is 1. The number of halogens is 2. The molecule has 0 aliphatic carbocycles. The molecule has 2 N–H and O–H groups in total. The maximum Gasteiger partial charge on any atom is 0.250 e. The average molecular weight is 631 g/mol. The third kappa shape index (κ3) is 6.31. The van der Waals surface area contributed by atoms with Gasteiger partial charge in [-0.1, -0.05) is 15.9 Å². The lowest BCUT2D eigenvalue weighted by Gasteiger charge is -2.09. The van der Waals surface area contributed by atoms with Crippen molar-refractivity contribution in [2.24, 2.45) is 0 Å². The monoisotopic (exact) mass is 629 g/mol. The molecule has 3 aromatic carbocycles. The van der Waals surface area contributed by atoms with Crippen molar-refractivity contribution in [3.8, 4) is 23.0 Å². The minimum Gasteiger partial charge on any atom is -0.495 e. The molecule has 10 heteroatoms. The van der Waals surface area contributed by atoms with Crippen LogP contribution in [0.3, 0.4) is 0 Å². The van der Waals surface area contributed by atoms with Crippen LogP contribution in [-0.2, 0) is 4.79 Å². The molecule has 1 aromatic heterocycles. The number of methoxy groups -OCH3 is 1. The first kappa shape index (κ1) is 25.9. The smallest absolute Gasteiger partial charge is 0.250 e. The molecule has 0 unspecified atom stereocenters. The quantitative estimate of drug-likeness (QED) is 0.169. The van der Waals surface area contributed by atoms with Gasteiger partial charge in [0.25, 0.3) is 0 Å². The molecular formula is C26H21Br2N3O4S. The molecule has 0 aliphatic heterocycles. The molecule has 4 rings (SSSR count). The molecule has 7 nitrogen and oxygen atoms in total. The van der Waals surface area contributed by atoms with Gasteiger partial charge in [0.05, 0.1) is 18.2 Å². The van der Waals surface area contributed by atoms with Crippen molar-refractivity contribution in [1.82, 2.24) is 10.3 Å². The topological polar surface area (TPSA) is 85.6 Å². The molecule has 0 aliphatic rings. The Kier molecular flexibility index (Phi) is 8.40. The highest BCUT2D eigenvalue weighted by Crippen LogP contribution is 2.33. The first-order valence-electron chi connectivity index (χ1n) is 10.8. The fourth-order valence-electron chi connectivity index (χ4n) is 3.39. The molecule has 184 valence electrons. The number of nitrogens with zero attached hydrogens (tertiary/aromatic N) is 1. The van der Waals surface area contributed by atoms with E-state index in [2.05, 4.69) is 47.5 Å². The molecule has 1 heterocycles. The molecule has 0 radical (unpaired) electrons. The second kappa shape index (κ2) is 11.7. The van der Waals surface area contributed by atoms with Crippen LogP contribution >= 0.6 is 44.1 Å². The van der Waals surface area contributed by atoms with Gasteiger partial charge in [-0.25, -0.2) is 4.98 Å². The third-order valence-corrected chi connectivity index (χ3v) is 6.20. The number of carbonyl (C=O) groups excluding carboxylic acids is 1. The van der Waals surface area contributed by atoms with Gasteiger partial charge in [-0.2, -0.15) is 0 Å². The predicted octanol–water partition coefficient (Wildman–Crippen LogP) is 6.95. The van der Waals surface area contributed by atoms with Crippen LogP contribution in [0.15, 0.2) is 74.0 Å². The van der Waals surface area contributed by atoms with E-state index >= 15 is 0 Å². The summed E-state index contributed by atoms with van der Waals surface area (Å²) < 4.78 is 18.4. The Bertz CT molecular complexity index is 1450. The van der Waals surface area contributed by atoms with Crippen LogP contribution in [0.2, 0.25) is 0 Å². The molecule has 0 fully saturated rings. The van der Waals surface area contributed by atoms with Gasteiger partial charge in [0, 0.05) is 27.4 Å². The Labute approximate surface area is 230 Å². The van der Waals surface area contributed by atoms with Crippen molar-refractivity contribution < 1.29 is 18.7 Å². The van der Waals surface area contributed by atoms with E-state index < -0.39 is 0 Å². The number of oxazole rings is 1. The van der Waals surface area contributed by atoms with Crippen LogP contribution < -0.4 is 20.1 Å². The number of rotatable bonds is 7. The van der Waals surface area contributed by atoms with Gasteiger partial charge in [-0.05, 0) is 95.7 Å². The molecular weight excluding hydrogens is 610 g/mol. The van der Waals surface area contributed by atoms with Crippen LogP contribution in [0.4, 0.5) is 5.69 Å². The maximum absolute atomic E-state index is 12.4. The van der Waals surface area contributed by atoms with Crippen molar-refractivity contribution >= 4 is 78.0 Å². The van der Waals surface area contributed by atoms with E-state index in [1.807, 2.05) is 43.3 Å². The Hall–Kier alpha value is -3.21. The highest BCUT2D eigenvalue weighted by molar-refractivity contribution is 9.11. The van der Waals surface area contributed by atoms with Gasteiger partial charge in [-0.3, -0.25) is 10.1 Å². The van der Waals surface area contributed by atoms with Crippen molar-refractivity contribution in [1.29, 1.82) is 0 Å². The largest absolute Gasteiger partial charge is 0.495 e. The number of ether oxygens (including phenoxy) is 2.